The Balaban J connectivity index is 1.46. The van der Waals surface area contributed by atoms with Gasteiger partial charge >= 0.3 is 5.97 Å². The molecule has 0 unspecified atom stereocenters. The second-order valence-corrected chi connectivity index (χ2v) is 10.2. The van der Waals surface area contributed by atoms with Crippen molar-refractivity contribution < 1.29 is 23.8 Å². The summed E-state index contributed by atoms with van der Waals surface area (Å²) in [5, 5.41) is 5.38. The molecule has 2 heterocycles. The van der Waals surface area contributed by atoms with E-state index in [1.807, 2.05) is 73.0 Å². The molecule has 0 radical (unpaired) electrons. The number of methoxy groups -OCH3 is 2. The van der Waals surface area contributed by atoms with Gasteiger partial charge in [0, 0.05) is 28.3 Å². The van der Waals surface area contributed by atoms with Crippen LogP contribution in [-0.2, 0) is 20.9 Å². The van der Waals surface area contributed by atoms with Crippen LogP contribution in [0.4, 0.5) is 0 Å². The molecule has 2 aromatic carbocycles. The average molecular weight is 516 g/mol. The number of esters is 1. The molecular weight excluding hydrogens is 486 g/mol. The lowest BCUT2D eigenvalue weighted by atomic mass is 9.73. The molecule has 0 bridgehead atoms. The van der Waals surface area contributed by atoms with Crippen molar-refractivity contribution in [2.75, 3.05) is 14.2 Å². The van der Waals surface area contributed by atoms with E-state index < -0.39 is 11.9 Å². The second-order valence-electron chi connectivity index (χ2n) is 9.21. The van der Waals surface area contributed by atoms with Gasteiger partial charge in [0.15, 0.2) is 17.3 Å². The summed E-state index contributed by atoms with van der Waals surface area (Å²) >= 11 is 1.54. The third kappa shape index (κ3) is 4.91. The number of benzene rings is 2. The van der Waals surface area contributed by atoms with Gasteiger partial charge in [0.2, 0.25) is 0 Å². The van der Waals surface area contributed by atoms with Crippen LogP contribution in [-0.4, -0.2) is 26.0 Å². The first-order valence-corrected chi connectivity index (χ1v) is 13.1. The van der Waals surface area contributed by atoms with Gasteiger partial charge in [0.25, 0.3) is 0 Å². The molecule has 6 nitrogen and oxygen atoms in total. The minimum atomic E-state index is -0.446. The summed E-state index contributed by atoms with van der Waals surface area (Å²) in [5.41, 5.74) is 4.67. The van der Waals surface area contributed by atoms with Crippen molar-refractivity contribution in [3.05, 3.63) is 105 Å². The van der Waals surface area contributed by atoms with Crippen LogP contribution in [0.3, 0.4) is 0 Å². The molecule has 1 aromatic heterocycles. The molecule has 0 amide bonds. The third-order valence-electron chi connectivity index (χ3n) is 6.97. The topological polar surface area (TPSA) is 73.9 Å². The Bertz CT molecular complexity index is 1370. The van der Waals surface area contributed by atoms with Crippen LogP contribution < -0.4 is 14.8 Å². The SMILES string of the molecule is COc1ccc([C@H]2CC(=O)C3=C(C2)NC(C)=C(C(=O)OCc2ccccc2)[C@@H]3c2cccs2)cc1OC. The molecule has 0 spiro atoms. The Hall–Kier alpha value is -3.84. The number of ketones is 1. The number of nitrogens with one attached hydrogen (secondary N) is 1. The van der Waals surface area contributed by atoms with Gasteiger partial charge in [-0.25, -0.2) is 4.79 Å². The Morgan fingerprint density at radius 3 is 2.49 bits per heavy atom. The summed E-state index contributed by atoms with van der Waals surface area (Å²) < 4.78 is 16.6. The van der Waals surface area contributed by atoms with Gasteiger partial charge < -0.3 is 19.5 Å². The molecule has 7 heteroatoms. The highest BCUT2D eigenvalue weighted by atomic mass is 32.1. The quantitative estimate of drug-likeness (QED) is 0.397. The zero-order valence-electron chi connectivity index (χ0n) is 21.1. The van der Waals surface area contributed by atoms with E-state index in [1.54, 1.807) is 25.6 Å². The maximum absolute atomic E-state index is 13.7. The van der Waals surface area contributed by atoms with Gasteiger partial charge in [-0.15, -0.1) is 11.3 Å². The number of allylic oxidation sites excluding steroid dienone is 3. The fourth-order valence-corrected chi connectivity index (χ4v) is 6.04. The molecule has 0 saturated heterocycles. The molecule has 0 fully saturated rings. The number of carbonyl (C=O) groups is 2. The standard InChI is InChI=1S/C30H29NO5S/c1-18-27(30(33)36-17-19-8-5-4-6-9-19)29(26-10-7-13-37-26)28-22(31-18)14-21(15-23(28)32)20-11-12-24(34-2)25(16-20)35-3/h4-13,16,21,29,31H,14-15,17H2,1-3H3/t21-,29+/m1/s1. The molecule has 190 valence electrons. The fraction of sp³-hybridized carbons (Fsp3) is 0.267. The van der Waals surface area contributed by atoms with Gasteiger partial charge in [-0.2, -0.15) is 0 Å². The summed E-state index contributed by atoms with van der Waals surface area (Å²) in [5.74, 6) is 0.459. The highest BCUT2D eigenvalue weighted by Crippen LogP contribution is 2.47. The Morgan fingerprint density at radius 1 is 1.00 bits per heavy atom. The van der Waals surface area contributed by atoms with Gasteiger partial charge in [0.1, 0.15) is 6.61 Å². The summed E-state index contributed by atoms with van der Waals surface area (Å²) in [6.07, 6.45) is 1.01. The molecule has 0 saturated carbocycles. The molecule has 1 aliphatic carbocycles. The van der Waals surface area contributed by atoms with E-state index in [9.17, 15) is 9.59 Å². The van der Waals surface area contributed by atoms with Crippen molar-refractivity contribution in [3.8, 4) is 11.5 Å². The van der Waals surface area contributed by atoms with Crippen LogP contribution in [0.25, 0.3) is 0 Å². The lowest BCUT2D eigenvalue weighted by Gasteiger charge is -2.36. The van der Waals surface area contributed by atoms with E-state index in [4.69, 9.17) is 14.2 Å². The maximum Gasteiger partial charge on any atom is 0.337 e. The summed E-state index contributed by atoms with van der Waals surface area (Å²) in [6.45, 7) is 2.06. The maximum atomic E-state index is 13.7. The highest BCUT2D eigenvalue weighted by Gasteiger charge is 2.42. The number of rotatable bonds is 7. The van der Waals surface area contributed by atoms with E-state index in [2.05, 4.69) is 5.32 Å². The van der Waals surface area contributed by atoms with E-state index in [0.29, 0.717) is 35.5 Å². The number of dihydropyridines is 1. The van der Waals surface area contributed by atoms with Crippen LogP contribution in [0.5, 0.6) is 11.5 Å². The van der Waals surface area contributed by atoms with Crippen molar-refractivity contribution in [2.24, 2.45) is 0 Å². The van der Waals surface area contributed by atoms with Crippen LogP contribution in [0, 0.1) is 0 Å². The van der Waals surface area contributed by atoms with Crippen molar-refractivity contribution in [1.29, 1.82) is 0 Å². The molecule has 37 heavy (non-hydrogen) atoms. The van der Waals surface area contributed by atoms with Crippen LogP contribution in [0.2, 0.25) is 0 Å². The molecule has 1 N–H and O–H groups in total. The minimum Gasteiger partial charge on any atom is -0.493 e. The molecule has 3 aromatic rings. The predicted octanol–water partition coefficient (Wildman–Crippen LogP) is 5.87. The van der Waals surface area contributed by atoms with Gasteiger partial charge in [-0.05, 0) is 54.0 Å². The first-order chi connectivity index (χ1) is 18.0. The van der Waals surface area contributed by atoms with Crippen LogP contribution in [0.1, 0.15) is 47.6 Å². The summed E-state index contributed by atoms with van der Waals surface area (Å²) in [4.78, 5) is 28.1. The van der Waals surface area contributed by atoms with Crippen molar-refractivity contribution in [1.82, 2.24) is 5.32 Å². The smallest absolute Gasteiger partial charge is 0.337 e. The van der Waals surface area contributed by atoms with Gasteiger partial charge in [-0.1, -0.05) is 42.5 Å². The molecular formula is C30H29NO5S. The Kier molecular flexibility index (Phi) is 7.15. The van der Waals surface area contributed by atoms with E-state index in [0.717, 1.165) is 27.4 Å². The zero-order valence-corrected chi connectivity index (χ0v) is 21.9. The minimum absolute atomic E-state index is 0.0121. The number of thiophene rings is 1. The monoisotopic (exact) mass is 515 g/mol. The van der Waals surface area contributed by atoms with E-state index in [1.165, 1.54) is 0 Å². The average Bonchev–Trinajstić information content (AvgIpc) is 3.46. The van der Waals surface area contributed by atoms with Crippen molar-refractivity contribution >= 4 is 23.1 Å². The number of carbonyl (C=O) groups excluding carboxylic acids is 2. The summed E-state index contributed by atoms with van der Waals surface area (Å²) in [7, 11) is 3.21. The molecule has 2 aliphatic rings. The first kappa shape index (κ1) is 24.8. The third-order valence-corrected chi connectivity index (χ3v) is 7.90. The number of ether oxygens (including phenoxy) is 3. The lowest BCUT2D eigenvalue weighted by Crippen LogP contribution is -2.35. The molecule has 2 atom stereocenters. The molecule has 5 rings (SSSR count). The second kappa shape index (κ2) is 10.6. The van der Waals surface area contributed by atoms with Crippen molar-refractivity contribution in [3.63, 3.8) is 0 Å². The largest absolute Gasteiger partial charge is 0.493 e. The Labute approximate surface area is 220 Å². The van der Waals surface area contributed by atoms with Crippen molar-refractivity contribution in [2.45, 2.75) is 38.2 Å². The normalized spacial score (nSPS) is 19.3. The Morgan fingerprint density at radius 2 is 1.78 bits per heavy atom. The fourth-order valence-electron chi connectivity index (χ4n) is 5.19. The van der Waals surface area contributed by atoms with Crippen LogP contribution >= 0.6 is 11.3 Å². The van der Waals surface area contributed by atoms with Crippen LogP contribution in [0.15, 0.2) is 88.6 Å². The molecule has 1 aliphatic heterocycles. The summed E-state index contributed by atoms with van der Waals surface area (Å²) in [6, 6.07) is 19.3. The van der Waals surface area contributed by atoms with Gasteiger partial charge in [-0.3, -0.25) is 4.79 Å². The number of hydrogen-bond donors (Lipinski definition) is 1. The van der Waals surface area contributed by atoms with E-state index in [-0.39, 0.29) is 18.3 Å². The predicted molar refractivity (Wildman–Crippen MR) is 143 cm³/mol. The van der Waals surface area contributed by atoms with E-state index >= 15 is 0 Å². The number of Topliss-reactive ketones (excluding diaryl/α,β-unsaturated/α-hetero) is 1. The van der Waals surface area contributed by atoms with Gasteiger partial charge in [0.05, 0.1) is 25.7 Å². The first-order valence-electron chi connectivity index (χ1n) is 12.2. The lowest BCUT2D eigenvalue weighted by molar-refractivity contribution is -0.140. The zero-order chi connectivity index (χ0) is 25.9. The number of hydrogen-bond acceptors (Lipinski definition) is 7. The highest BCUT2D eigenvalue weighted by molar-refractivity contribution is 7.10.